The van der Waals surface area contributed by atoms with Crippen LogP contribution in [-0.4, -0.2) is 56.4 Å². The predicted molar refractivity (Wildman–Crippen MR) is 149 cm³/mol. The summed E-state index contributed by atoms with van der Waals surface area (Å²) in [7, 11) is 0. The van der Waals surface area contributed by atoms with E-state index < -0.39 is 28.1 Å². The first-order chi connectivity index (χ1) is 19.3. The summed E-state index contributed by atoms with van der Waals surface area (Å²) < 4.78 is 32.9. The Bertz CT molecular complexity index is 1400. The maximum Gasteiger partial charge on any atom is 0.185 e. The van der Waals surface area contributed by atoms with E-state index in [1.165, 1.54) is 12.1 Å². The number of ketones is 2. The van der Waals surface area contributed by atoms with Crippen LogP contribution in [0, 0.1) is 17.0 Å². The molecule has 7 nitrogen and oxygen atoms in total. The molecule has 1 aromatic carbocycles. The highest BCUT2D eigenvalue weighted by atomic mass is 19.1. The molecule has 0 radical (unpaired) electrons. The van der Waals surface area contributed by atoms with Gasteiger partial charge in [0.25, 0.3) is 0 Å². The number of hydrogen-bond donors (Lipinski definition) is 1. The average molecular weight is 566 g/mol. The molecule has 1 saturated heterocycles. The van der Waals surface area contributed by atoms with Crippen LogP contribution in [0.3, 0.4) is 0 Å². The third kappa shape index (κ3) is 6.62. The van der Waals surface area contributed by atoms with Gasteiger partial charge in [-0.1, -0.05) is 25.1 Å². The molecule has 3 aromatic rings. The molecule has 0 bridgehead atoms. The van der Waals surface area contributed by atoms with Gasteiger partial charge in [0.2, 0.25) is 0 Å². The van der Waals surface area contributed by atoms with Crippen LogP contribution in [0.15, 0.2) is 53.2 Å². The minimum absolute atomic E-state index is 0.0163. The monoisotopic (exact) mass is 565 g/mol. The molecule has 41 heavy (non-hydrogen) atoms. The van der Waals surface area contributed by atoms with Gasteiger partial charge in [-0.25, -0.2) is 8.78 Å². The molecule has 3 heterocycles. The number of likely N-dealkylation sites (tertiary alicyclic amines) is 1. The topological polar surface area (TPSA) is 96.5 Å². The number of pyridine rings is 1. The van der Waals surface area contributed by atoms with E-state index in [2.05, 4.69) is 15.0 Å². The van der Waals surface area contributed by atoms with E-state index in [9.17, 15) is 23.5 Å². The lowest BCUT2D eigenvalue weighted by Crippen LogP contribution is -2.62. The first-order valence-corrected chi connectivity index (χ1v) is 14.2. The number of aromatic nitrogens is 2. The Hall–Kier alpha value is -3.30. The first kappa shape index (κ1) is 29.2. The van der Waals surface area contributed by atoms with Crippen LogP contribution in [0.2, 0.25) is 0 Å². The smallest absolute Gasteiger partial charge is 0.185 e. The molecule has 1 aliphatic carbocycles. The minimum Gasteiger partial charge on any atom is -0.390 e. The van der Waals surface area contributed by atoms with Crippen LogP contribution in [0.25, 0.3) is 11.3 Å². The summed E-state index contributed by atoms with van der Waals surface area (Å²) in [6.07, 6.45) is 5.54. The van der Waals surface area contributed by atoms with E-state index in [4.69, 9.17) is 4.52 Å². The first-order valence-electron chi connectivity index (χ1n) is 14.2. The summed E-state index contributed by atoms with van der Waals surface area (Å²) >= 11 is 0. The highest BCUT2D eigenvalue weighted by Crippen LogP contribution is 2.44. The molecule has 2 aromatic heterocycles. The fourth-order valence-corrected chi connectivity index (χ4v) is 6.43. The van der Waals surface area contributed by atoms with Gasteiger partial charge < -0.3 is 9.63 Å². The molecule has 218 valence electrons. The van der Waals surface area contributed by atoms with Crippen molar-refractivity contribution in [3.63, 3.8) is 0 Å². The molecule has 9 heteroatoms. The molecule has 2 aliphatic rings. The van der Waals surface area contributed by atoms with Gasteiger partial charge in [-0.15, -0.1) is 0 Å². The van der Waals surface area contributed by atoms with Crippen molar-refractivity contribution >= 4 is 11.6 Å². The Morgan fingerprint density at radius 2 is 1.83 bits per heavy atom. The Labute approximate surface area is 238 Å². The van der Waals surface area contributed by atoms with Crippen molar-refractivity contribution in [2.45, 2.75) is 82.8 Å². The molecular formula is C32H37F2N3O4. The highest BCUT2D eigenvalue weighted by Gasteiger charge is 2.49. The Kier molecular flexibility index (Phi) is 7.96. The van der Waals surface area contributed by atoms with Crippen molar-refractivity contribution in [2.75, 3.05) is 13.1 Å². The van der Waals surface area contributed by atoms with Crippen molar-refractivity contribution in [3.05, 3.63) is 71.7 Å². The second-order valence-corrected chi connectivity index (χ2v) is 12.9. The van der Waals surface area contributed by atoms with Gasteiger partial charge in [0.05, 0.1) is 11.2 Å². The lowest BCUT2D eigenvalue weighted by Gasteiger charge is -2.54. The number of nitrogens with zero attached hydrogens (tertiary/aromatic N) is 3. The summed E-state index contributed by atoms with van der Waals surface area (Å²) in [6.45, 7) is 7.06. The van der Waals surface area contributed by atoms with Gasteiger partial charge in [-0.05, 0) is 56.9 Å². The number of aliphatic hydroxyl groups is 1. The molecule has 0 atom stereocenters. The molecular weight excluding hydrogens is 528 g/mol. The lowest BCUT2D eigenvalue weighted by molar-refractivity contribution is -0.128. The molecule has 0 amide bonds. The van der Waals surface area contributed by atoms with Crippen LogP contribution in [-0.2, 0) is 10.2 Å². The Morgan fingerprint density at radius 1 is 1.10 bits per heavy atom. The van der Waals surface area contributed by atoms with E-state index in [0.29, 0.717) is 25.6 Å². The maximum absolute atomic E-state index is 14.3. The standard InChI is InChI=1S/C32H37F2N3O4/c1-30(2,29-6-4-5-13-35-29)16-23(38)17-32(19-37(20-32)22-9-11-31(3,40)12-10-22)18-27(39)26-15-28(41-36-26)24-8-7-21(33)14-25(24)34/h4-8,13-15,22,40H,9-12,16-20H2,1-3H3. The fraction of sp³-hybridized carbons (Fsp3) is 0.500. The van der Waals surface area contributed by atoms with E-state index in [1.54, 1.807) is 6.20 Å². The number of rotatable bonds is 10. The largest absolute Gasteiger partial charge is 0.390 e. The third-order valence-electron chi connectivity index (χ3n) is 8.72. The van der Waals surface area contributed by atoms with Crippen molar-refractivity contribution < 1.29 is 28.0 Å². The van der Waals surface area contributed by atoms with Crippen molar-refractivity contribution in [1.82, 2.24) is 15.0 Å². The highest BCUT2D eigenvalue weighted by molar-refractivity contribution is 5.96. The number of halogens is 2. The average Bonchev–Trinajstić information content (AvgIpc) is 3.37. The molecule has 0 unspecified atom stereocenters. The lowest BCUT2D eigenvalue weighted by atomic mass is 9.68. The third-order valence-corrected chi connectivity index (χ3v) is 8.72. The zero-order valence-electron chi connectivity index (χ0n) is 23.8. The summed E-state index contributed by atoms with van der Waals surface area (Å²) in [4.78, 5) is 33.7. The summed E-state index contributed by atoms with van der Waals surface area (Å²) in [5.41, 5.74) is -0.752. The summed E-state index contributed by atoms with van der Waals surface area (Å²) in [5.74, 6) is -1.70. The van der Waals surface area contributed by atoms with Gasteiger partial charge in [0, 0.05) is 73.2 Å². The normalized spacial score (nSPS) is 22.7. The zero-order chi connectivity index (χ0) is 29.4. The Balaban J connectivity index is 1.31. The van der Waals surface area contributed by atoms with Gasteiger partial charge in [0.1, 0.15) is 23.1 Å². The van der Waals surface area contributed by atoms with Gasteiger partial charge in [-0.2, -0.15) is 0 Å². The minimum atomic E-state index is -0.807. The second kappa shape index (κ2) is 11.2. The molecule has 1 aliphatic heterocycles. The Morgan fingerprint density at radius 3 is 2.49 bits per heavy atom. The zero-order valence-corrected chi connectivity index (χ0v) is 23.8. The maximum atomic E-state index is 14.3. The molecule has 5 rings (SSSR count). The summed E-state index contributed by atoms with van der Waals surface area (Å²) in [6, 6.07) is 10.5. The van der Waals surface area contributed by atoms with Gasteiger partial charge in [0.15, 0.2) is 11.5 Å². The SMILES string of the molecule is CC1(O)CCC(N2CC(CC(=O)CC(C)(C)c3ccccn3)(CC(=O)c3cc(-c4ccc(F)cc4F)on3)C2)CC1. The van der Waals surface area contributed by atoms with Crippen molar-refractivity contribution in [1.29, 1.82) is 0 Å². The van der Waals surface area contributed by atoms with Crippen LogP contribution < -0.4 is 0 Å². The number of Topliss-reactive ketones (excluding diaryl/α,β-unsaturated/α-hetero) is 2. The quantitative estimate of drug-likeness (QED) is 0.305. The van der Waals surface area contributed by atoms with Crippen molar-refractivity contribution in [2.24, 2.45) is 5.41 Å². The molecule has 0 spiro atoms. The van der Waals surface area contributed by atoms with E-state index in [-0.39, 0.29) is 41.4 Å². The summed E-state index contributed by atoms with van der Waals surface area (Å²) in [5, 5.41) is 14.3. The number of carbonyl (C=O) groups is 2. The molecule has 1 saturated carbocycles. The number of hydrogen-bond acceptors (Lipinski definition) is 7. The van der Waals surface area contributed by atoms with Crippen LogP contribution in [0.5, 0.6) is 0 Å². The van der Waals surface area contributed by atoms with Gasteiger partial charge >= 0.3 is 0 Å². The van der Waals surface area contributed by atoms with Crippen molar-refractivity contribution in [3.8, 4) is 11.3 Å². The fourth-order valence-electron chi connectivity index (χ4n) is 6.43. The molecule has 2 fully saturated rings. The van der Waals surface area contributed by atoms with Crippen LogP contribution in [0.1, 0.15) is 81.9 Å². The number of carbonyl (C=O) groups excluding carboxylic acids is 2. The van der Waals surface area contributed by atoms with E-state index in [1.807, 2.05) is 39.0 Å². The van der Waals surface area contributed by atoms with Crippen LogP contribution >= 0.6 is 0 Å². The van der Waals surface area contributed by atoms with Gasteiger partial charge in [-0.3, -0.25) is 19.5 Å². The van der Waals surface area contributed by atoms with E-state index in [0.717, 1.165) is 43.5 Å². The molecule has 1 N–H and O–H groups in total. The van der Waals surface area contributed by atoms with E-state index >= 15 is 0 Å². The predicted octanol–water partition coefficient (Wildman–Crippen LogP) is 5.91. The second-order valence-electron chi connectivity index (χ2n) is 12.9. The van der Waals surface area contributed by atoms with Crippen LogP contribution in [0.4, 0.5) is 8.78 Å². The number of benzene rings is 1.